The fraction of sp³-hybridized carbons (Fsp3) is 0.385. The van der Waals surface area contributed by atoms with Crippen molar-refractivity contribution in [2.24, 2.45) is 0 Å². The van der Waals surface area contributed by atoms with Crippen molar-refractivity contribution >= 4 is 11.9 Å². The van der Waals surface area contributed by atoms with Crippen LogP contribution in [0.15, 0.2) is 79.1 Å². The number of aliphatic carboxylic acids is 2. The number of methoxy groups -OCH3 is 1. The van der Waals surface area contributed by atoms with Gasteiger partial charge in [0, 0.05) is 25.9 Å². The van der Waals surface area contributed by atoms with Gasteiger partial charge in [0.2, 0.25) is 0 Å². The van der Waals surface area contributed by atoms with Crippen LogP contribution in [0.25, 0.3) is 0 Å². The minimum atomic E-state index is -0.885. The van der Waals surface area contributed by atoms with E-state index in [1.54, 1.807) is 16.5 Å². The van der Waals surface area contributed by atoms with Gasteiger partial charge in [0.05, 0.1) is 58.0 Å². The van der Waals surface area contributed by atoms with Gasteiger partial charge in [-0.25, -0.2) is 9.36 Å². The highest BCUT2D eigenvalue weighted by molar-refractivity contribution is 5.74. The second-order valence-corrected chi connectivity index (χ2v) is 13.8. The molecule has 0 spiro atoms. The van der Waals surface area contributed by atoms with Crippen molar-refractivity contribution in [3.8, 4) is 17.2 Å². The summed E-state index contributed by atoms with van der Waals surface area (Å²) in [6.45, 7) is 2.95. The number of carbonyl (C=O) groups is 2. The lowest BCUT2D eigenvalue weighted by atomic mass is 10.1. The average molecular weight is 769 g/mol. The summed E-state index contributed by atoms with van der Waals surface area (Å²) in [7, 11) is 1.64. The molecule has 17 nitrogen and oxygen atoms in total. The highest BCUT2D eigenvalue weighted by atomic mass is 16.5. The molecular formula is C39H44N8O9. The molecule has 0 aliphatic carbocycles. The van der Waals surface area contributed by atoms with Crippen molar-refractivity contribution in [2.45, 2.75) is 76.7 Å². The van der Waals surface area contributed by atoms with Gasteiger partial charge in [-0.2, -0.15) is 0 Å². The fourth-order valence-corrected chi connectivity index (χ4v) is 6.51. The van der Waals surface area contributed by atoms with E-state index in [9.17, 15) is 19.8 Å². The molecule has 56 heavy (non-hydrogen) atoms. The lowest BCUT2D eigenvalue weighted by Gasteiger charge is -2.12. The lowest BCUT2D eigenvalue weighted by Crippen LogP contribution is -2.29. The average Bonchev–Trinajstić information content (AvgIpc) is 4.04. The van der Waals surface area contributed by atoms with Crippen LogP contribution in [0.4, 0.5) is 0 Å². The van der Waals surface area contributed by atoms with E-state index in [0.29, 0.717) is 69.4 Å². The van der Waals surface area contributed by atoms with Crippen LogP contribution >= 0.6 is 0 Å². The van der Waals surface area contributed by atoms with Gasteiger partial charge >= 0.3 is 11.9 Å². The Morgan fingerprint density at radius 1 is 0.643 bits per heavy atom. The van der Waals surface area contributed by atoms with Crippen LogP contribution in [0.5, 0.6) is 17.2 Å². The third-order valence-corrected chi connectivity index (χ3v) is 9.49. The first kappa shape index (κ1) is 38.4. The molecule has 7 rings (SSSR count). The van der Waals surface area contributed by atoms with Crippen molar-refractivity contribution < 1.29 is 43.5 Å². The Balaban J connectivity index is 0.985. The smallest absolute Gasteiger partial charge is 0.320 e. The summed E-state index contributed by atoms with van der Waals surface area (Å²) in [5, 5.41) is 41.5. The molecule has 4 heterocycles. The van der Waals surface area contributed by atoms with Crippen molar-refractivity contribution in [3.63, 3.8) is 0 Å². The maximum Gasteiger partial charge on any atom is 0.320 e. The standard InChI is InChI=1S/C39H44N8O9/c1-52-31-6-2-25(3-7-31)21-53-32-8-4-26(5-9-32)22-54-33-11-27(17-46-19-29(42-44-46)23-55-34-13-36(38(48)49)40-15-34)10-28(12-33)18-47-20-30(43-45-47)24-56-35-14-37(39(50)51)41-16-35/h2-12,19-20,34-37,40-41H,13-18,21-24H2,1H3,(H,48,49)(H,50,51)/t34-,35-,36+,37+/m1/s1. The van der Waals surface area contributed by atoms with E-state index in [2.05, 4.69) is 31.3 Å². The van der Waals surface area contributed by atoms with Gasteiger partial charge in [-0.3, -0.25) is 9.59 Å². The molecule has 4 atom stereocenters. The van der Waals surface area contributed by atoms with Gasteiger partial charge in [-0.1, -0.05) is 40.8 Å². The SMILES string of the molecule is COc1ccc(COc2ccc(COc3cc(Cn4cc(CO[C@H]5CN[C@H](C(=O)O)C5)nn4)cc(Cn4cc(CO[C@H]5CN[C@H](C(=O)O)C5)nn4)c3)cc2)cc1. The van der Waals surface area contributed by atoms with Crippen LogP contribution in [0.2, 0.25) is 0 Å². The molecule has 2 fully saturated rings. The molecule has 17 heteroatoms. The van der Waals surface area contributed by atoms with Gasteiger partial charge in [-0.05, 0) is 58.7 Å². The molecule has 0 bridgehead atoms. The number of ether oxygens (including phenoxy) is 5. The first-order chi connectivity index (χ1) is 27.2. The summed E-state index contributed by atoms with van der Waals surface area (Å²) in [6.07, 6.45) is 3.98. The fourth-order valence-electron chi connectivity index (χ4n) is 6.51. The zero-order chi connectivity index (χ0) is 38.9. The molecule has 3 aromatic carbocycles. The van der Waals surface area contributed by atoms with Gasteiger partial charge in [0.15, 0.2) is 0 Å². The number of hydrogen-bond donors (Lipinski definition) is 4. The molecule has 4 N–H and O–H groups in total. The molecular weight excluding hydrogens is 724 g/mol. The van der Waals surface area contributed by atoms with E-state index in [0.717, 1.165) is 33.8 Å². The quantitative estimate of drug-likeness (QED) is 0.0953. The van der Waals surface area contributed by atoms with E-state index in [-0.39, 0.29) is 25.4 Å². The molecule has 2 aromatic heterocycles. The van der Waals surface area contributed by atoms with Gasteiger partial charge in [-0.15, -0.1) is 10.2 Å². The summed E-state index contributed by atoms with van der Waals surface area (Å²) >= 11 is 0. The molecule has 0 radical (unpaired) electrons. The first-order valence-corrected chi connectivity index (χ1v) is 18.3. The summed E-state index contributed by atoms with van der Waals surface area (Å²) in [5.74, 6) is 0.436. The zero-order valence-corrected chi connectivity index (χ0v) is 30.8. The number of nitrogens with one attached hydrogen (secondary N) is 2. The summed E-state index contributed by atoms with van der Waals surface area (Å²) in [5.41, 5.74) is 5.12. The van der Waals surface area contributed by atoms with Crippen molar-refractivity contribution in [1.29, 1.82) is 0 Å². The van der Waals surface area contributed by atoms with Crippen LogP contribution in [-0.2, 0) is 58.6 Å². The second kappa shape index (κ2) is 18.2. The topological polar surface area (TPSA) is 206 Å². The van der Waals surface area contributed by atoms with Crippen LogP contribution in [0.1, 0.15) is 46.5 Å². The van der Waals surface area contributed by atoms with Crippen LogP contribution in [0.3, 0.4) is 0 Å². The largest absolute Gasteiger partial charge is 0.497 e. The minimum Gasteiger partial charge on any atom is -0.497 e. The number of rotatable bonds is 19. The predicted molar refractivity (Wildman–Crippen MR) is 198 cm³/mol. The van der Waals surface area contributed by atoms with E-state index in [1.165, 1.54) is 0 Å². The summed E-state index contributed by atoms with van der Waals surface area (Å²) in [6, 6.07) is 20.3. The van der Waals surface area contributed by atoms with E-state index in [4.69, 9.17) is 23.7 Å². The molecule has 0 unspecified atom stereocenters. The third kappa shape index (κ3) is 10.7. The van der Waals surface area contributed by atoms with Crippen LogP contribution < -0.4 is 24.8 Å². The Morgan fingerprint density at radius 2 is 1.11 bits per heavy atom. The Labute approximate surface area is 322 Å². The van der Waals surface area contributed by atoms with E-state index in [1.807, 2.05) is 79.1 Å². The molecule has 2 aliphatic rings. The zero-order valence-electron chi connectivity index (χ0n) is 30.8. The van der Waals surface area contributed by atoms with Gasteiger partial charge in [0.1, 0.15) is 53.9 Å². The van der Waals surface area contributed by atoms with E-state index < -0.39 is 24.0 Å². The number of nitrogens with zero attached hydrogens (tertiary/aromatic N) is 6. The number of hydrogen-bond acceptors (Lipinski definition) is 13. The monoisotopic (exact) mass is 768 g/mol. The van der Waals surface area contributed by atoms with Crippen molar-refractivity contribution in [1.82, 2.24) is 40.6 Å². The number of carboxylic acid groups (broad SMARTS) is 2. The van der Waals surface area contributed by atoms with Crippen molar-refractivity contribution in [2.75, 3.05) is 20.2 Å². The molecule has 0 saturated carbocycles. The summed E-state index contributed by atoms with van der Waals surface area (Å²) < 4.78 is 32.7. The molecule has 2 aliphatic heterocycles. The maximum absolute atomic E-state index is 11.3. The summed E-state index contributed by atoms with van der Waals surface area (Å²) in [4.78, 5) is 22.5. The maximum atomic E-state index is 11.3. The van der Waals surface area contributed by atoms with Crippen LogP contribution in [0, 0.1) is 0 Å². The Hall–Kier alpha value is -5.88. The first-order valence-electron chi connectivity index (χ1n) is 18.3. The molecule has 294 valence electrons. The number of benzene rings is 3. The Kier molecular flexibility index (Phi) is 12.5. The Bertz CT molecular complexity index is 1980. The van der Waals surface area contributed by atoms with Gasteiger partial charge in [0.25, 0.3) is 0 Å². The molecule has 0 amide bonds. The highest BCUT2D eigenvalue weighted by Crippen LogP contribution is 2.23. The molecule has 5 aromatic rings. The molecule has 2 saturated heterocycles. The highest BCUT2D eigenvalue weighted by Gasteiger charge is 2.30. The Morgan fingerprint density at radius 3 is 1.55 bits per heavy atom. The van der Waals surface area contributed by atoms with Crippen LogP contribution in [-0.4, -0.2) is 96.6 Å². The normalized spacial score (nSPS) is 19.2. The third-order valence-electron chi connectivity index (χ3n) is 9.49. The van der Waals surface area contributed by atoms with Gasteiger partial charge < -0.3 is 44.5 Å². The van der Waals surface area contributed by atoms with E-state index >= 15 is 0 Å². The lowest BCUT2D eigenvalue weighted by molar-refractivity contribution is -0.140. The number of carboxylic acids is 2. The predicted octanol–water partition coefficient (Wildman–Crippen LogP) is 2.80. The van der Waals surface area contributed by atoms with Crippen molar-refractivity contribution in [3.05, 3.63) is 113 Å². The minimum absolute atomic E-state index is 0.214. The second-order valence-electron chi connectivity index (χ2n) is 13.8. The number of aromatic nitrogens is 6.